The quantitative estimate of drug-likeness (QED) is 0.858. The summed E-state index contributed by atoms with van der Waals surface area (Å²) in [5, 5.41) is 9.90. The van der Waals surface area contributed by atoms with E-state index in [9.17, 15) is 19.1 Å². The van der Waals surface area contributed by atoms with Crippen LogP contribution in [0.5, 0.6) is 5.88 Å². The van der Waals surface area contributed by atoms with E-state index in [-0.39, 0.29) is 11.1 Å². The lowest BCUT2D eigenvalue weighted by molar-refractivity contribution is 0.381. The van der Waals surface area contributed by atoms with Crippen molar-refractivity contribution in [1.29, 1.82) is 0 Å². The van der Waals surface area contributed by atoms with E-state index in [1.807, 2.05) is 0 Å². The van der Waals surface area contributed by atoms with Crippen LogP contribution < -0.4 is 11.2 Å². The first-order valence-electron chi connectivity index (χ1n) is 5.72. The molecule has 0 bridgehead atoms. The van der Waals surface area contributed by atoms with Gasteiger partial charge in [0, 0.05) is 5.56 Å². The summed E-state index contributed by atoms with van der Waals surface area (Å²) in [6, 6.07) is 5.23. The number of aromatic nitrogens is 2. The molecule has 2 N–H and O–H groups in total. The first-order valence-corrected chi connectivity index (χ1v) is 5.72. The van der Waals surface area contributed by atoms with Crippen molar-refractivity contribution < 1.29 is 9.50 Å². The zero-order chi connectivity index (χ0) is 14.2. The summed E-state index contributed by atoms with van der Waals surface area (Å²) in [5.41, 5.74) is -1.16. The number of aromatic amines is 1. The molecule has 0 aliphatic rings. The molecule has 5 nitrogen and oxygen atoms in total. The summed E-state index contributed by atoms with van der Waals surface area (Å²) >= 11 is 0. The third kappa shape index (κ3) is 2.16. The Bertz CT molecular complexity index is 733. The van der Waals surface area contributed by atoms with Crippen LogP contribution in [0.4, 0.5) is 4.39 Å². The summed E-state index contributed by atoms with van der Waals surface area (Å²) in [6.45, 7) is 2.95. The normalized spacial score (nSPS) is 12.4. The minimum absolute atomic E-state index is 0.0165. The number of halogens is 1. The summed E-state index contributed by atoms with van der Waals surface area (Å²) in [5.74, 6) is -0.936. The Kier molecular flexibility index (Phi) is 3.25. The largest absolute Gasteiger partial charge is 0.494 e. The van der Waals surface area contributed by atoms with Gasteiger partial charge in [-0.2, -0.15) is 0 Å². The Hall–Kier alpha value is -2.37. The van der Waals surface area contributed by atoms with Crippen LogP contribution in [0.3, 0.4) is 0 Å². The zero-order valence-electron chi connectivity index (χ0n) is 10.5. The van der Waals surface area contributed by atoms with E-state index in [0.29, 0.717) is 0 Å². The molecule has 1 atom stereocenters. The molecule has 2 rings (SSSR count). The number of aromatic hydroxyl groups is 1. The molecular weight excluding hydrogens is 251 g/mol. The van der Waals surface area contributed by atoms with Crippen molar-refractivity contribution in [1.82, 2.24) is 9.55 Å². The lowest BCUT2D eigenvalue weighted by Crippen LogP contribution is -2.33. The molecule has 1 unspecified atom stereocenters. The van der Waals surface area contributed by atoms with Crippen molar-refractivity contribution in [3.63, 3.8) is 0 Å². The lowest BCUT2D eigenvalue weighted by Gasteiger charge is -2.18. The maximum Gasteiger partial charge on any atom is 0.331 e. The highest BCUT2D eigenvalue weighted by Gasteiger charge is 2.19. The van der Waals surface area contributed by atoms with Gasteiger partial charge in [0.05, 0.1) is 11.6 Å². The SMILES string of the molecule is Cc1c(O)n(C(C)c2ccccc2F)c(=O)[nH]c1=O. The maximum atomic E-state index is 13.7. The van der Waals surface area contributed by atoms with Crippen LogP contribution in [-0.2, 0) is 0 Å². The van der Waals surface area contributed by atoms with E-state index in [1.165, 1.54) is 25.1 Å². The minimum Gasteiger partial charge on any atom is -0.494 e. The second-order valence-electron chi connectivity index (χ2n) is 4.28. The molecule has 1 heterocycles. The van der Waals surface area contributed by atoms with E-state index >= 15 is 0 Å². The van der Waals surface area contributed by atoms with Crippen molar-refractivity contribution in [2.75, 3.05) is 0 Å². The minimum atomic E-state index is -0.774. The van der Waals surface area contributed by atoms with Crippen molar-refractivity contribution in [3.05, 3.63) is 62.0 Å². The maximum absolute atomic E-state index is 13.7. The third-order valence-electron chi connectivity index (χ3n) is 3.09. The van der Waals surface area contributed by atoms with E-state index in [4.69, 9.17) is 0 Å². The molecule has 6 heteroatoms. The molecular formula is C13H13FN2O3. The summed E-state index contributed by atoms with van der Waals surface area (Å²) in [6.07, 6.45) is 0. The Morgan fingerprint density at radius 1 is 1.32 bits per heavy atom. The number of nitrogens with one attached hydrogen (secondary N) is 1. The Morgan fingerprint density at radius 3 is 2.58 bits per heavy atom. The summed E-state index contributed by atoms with van der Waals surface area (Å²) in [7, 11) is 0. The Balaban J connectivity index is 2.67. The van der Waals surface area contributed by atoms with Gasteiger partial charge in [-0.3, -0.25) is 14.3 Å². The number of nitrogens with zero attached hydrogens (tertiary/aromatic N) is 1. The smallest absolute Gasteiger partial charge is 0.331 e. The van der Waals surface area contributed by atoms with E-state index in [0.717, 1.165) is 4.57 Å². The predicted octanol–water partition coefficient (Wildman–Crippen LogP) is 1.30. The molecule has 2 aromatic rings. The fraction of sp³-hybridized carbons (Fsp3) is 0.231. The number of hydrogen-bond acceptors (Lipinski definition) is 3. The highest BCUT2D eigenvalue weighted by molar-refractivity contribution is 5.27. The van der Waals surface area contributed by atoms with Gasteiger partial charge in [-0.15, -0.1) is 0 Å². The van der Waals surface area contributed by atoms with Gasteiger partial charge in [0.1, 0.15) is 5.82 Å². The van der Waals surface area contributed by atoms with Crippen LogP contribution >= 0.6 is 0 Å². The second kappa shape index (κ2) is 4.72. The van der Waals surface area contributed by atoms with Gasteiger partial charge < -0.3 is 5.11 Å². The van der Waals surface area contributed by atoms with Crippen LogP contribution in [0.1, 0.15) is 24.1 Å². The van der Waals surface area contributed by atoms with Crippen LogP contribution in [0.15, 0.2) is 33.9 Å². The first kappa shape index (κ1) is 13.1. The molecule has 1 aromatic heterocycles. The number of hydrogen-bond donors (Lipinski definition) is 2. The summed E-state index contributed by atoms with van der Waals surface area (Å²) < 4.78 is 14.7. The van der Waals surface area contributed by atoms with Crippen LogP contribution in [0.2, 0.25) is 0 Å². The average molecular weight is 264 g/mol. The van der Waals surface area contributed by atoms with Crippen molar-refractivity contribution in [2.24, 2.45) is 0 Å². The Morgan fingerprint density at radius 2 is 1.95 bits per heavy atom. The standard InChI is InChI=1S/C13H13FN2O3/c1-7-11(17)15-13(19)16(12(7)18)8(2)9-5-3-4-6-10(9)14/h3-6,8,18H,1-2H3,(H,15,17,19). The fourth-order valence-electron chi connectivity index (χ4n) is 1.94. The van der Waals surface area contributed by atoms with Crippen LogP contribution in [-0.4, -0.2) is 14.7 Å². The van der Waals surface area contributed by atoms with E-state index < -0.39 is 29.0 Å². The summed E-state index contributed by atoms with van der Waals surface area (Å²) in [4.78, 5) is 25.2. The number of H-pyrrole nitrogens is 1. The van der Waals surface area contributed by atoms with Crippen LogP contribution in [0, 0.1) is 12.7 Å². The topological polar surface area (TPSA) is 75.1 Å². The lowest BCUT2D eigenvalue weighted by atomic mass is 10.1. The van der Waals surface area contributed by atoms with Gasteiger partial charge in [-0.25, -0.2) is 9.18 Å². The third-order valence-corrected chi connectivity index (χ3v) is 3.09. The van der Waals surface area contributed by atoms with Crippen molar-refractivity contribution in [2.45, 2.75) is 19.9 Å². The van der Waals surface area contributed by atoms with Crippen molar-refractivity contribution in [3.8, 4) is 5.88 Å². The van der Waals surface area contributed by atoms with E-state index in [2.05, 4.69) is 4.98 Å². The molecule has 0 saturated heterocycles. The van der Waals surface area contributed by atoms with Gasteiger partial charge in [0.25, 0.3) is 5.56 Å². The zero-order valence-corrected chi connectivity index (χ0v) is 10.5. The highest BCUT2D eigenvalue weighted by Crippen LogP contribution is 2.23. The molecule has 0 aliphatic heterocycles. The van der Waals surface area contributed by atoms with E-state index in [1.54, 1.807) is 13.0 Å². The molecule has 0 radical (unpaired) electrons. The monoisotopic (exact) mass is 264 g/mol. The molecule has 100 valence electrons. The second-order valence-corrected chi connectivity index (χ2v) is 4.28. The first-order chi connectivity index (χ1) is 8.93. The van der Waals surface area contributed by atoms with Gasteiger partial charge in [0.2, 0.25) is 5.88 Å². The highest BCUT2D eigenvalue weighted by atomic mass is 19.1. The van der Waals surface area contributed by atoms with Gasteiger partial charge >= 0.3 is 5.69 Å². The van der Waals surface area contributed by atoms with Crippen LogP contribution in [0.25, 0.3) is 0 Å². The molecule has 0 spiro atoms. The van der Waals surface area contributed by atoms with Gasteiger partial charge in [0.15, 0.2) is 0 Å². The molecule has 0 saturated carbocycles. The average Bonchev–Trinajstić information content (AvgIpc) is 2.36. The molecule has 0 aliphatic carbocycles. The van der Waals surface area contributed by atoms with Gasteiger partial charge in [-0.1, -0.05) is 18.2 Å². The molecule has 0 amide bonds. The Labute approximate surface area is 108 Å². The molecule has 0 fully saturated rings. The number of rotatable bonds is 2. The number of benzene rings is 1. The van der Waals surface area contributed by atoms with Gasteiger partial charge in [-0.05, 0) is 19.9 Å². The molecule has 19 heavy (non-hydrogen) atoms. The molecule has 1 aromatic carbocycles. The predicted molar refractivity (Wildman–Crippen MR) is 67.9 cm³/mol. The van der Waals surface area contributed by atoms with Crippen molar-refractivity contribution >= 4 is 0 Å². The fourth-order valence-corrected chi connectivity index (χ4v) is 1.94.